The summed E-state index contributed by atoms with van der Waals surface area (Å²) >= 11 is 0. The van der Waals surface area contributed by atoms with Gasteiger partial charge in [-0.25, -0.2) is 4.79 Å². The standard InChI is InChI=1S/C15H24N2O4/c1-15(2,3)7-12(13(18)19)8-16-14(20)17(4)9-11-5-6-21-10-11/h5-6,10,12H,7-9H2,1-4H3,(H,16,20)(H,18,19). The molecule has 6 heteroatoms. The van der Waals surface area contributed by atoms with E-state index in [2.05, 4.69) is 5.32 Å². The van der Waals surface area contributed by atoms with Gasteiger partial charge < -0.3 is 19.7 Å². The molecule has 1 aromatic heterocycles. The van der Waals surface area contributed by atoms with Crippen molar-refractivity contribution in [2.75, 3.05) is 13.6 Å². The number of aliphatic carboxylic acids is 1. The molecule has 21 heavy (non-hydrogen) atoms. The van der Waals surface area contributed by atoms with Crippen LogP contribution in [0.25, 0.3) is 0 Å². The fourth-order valence-electron chi connectivity index (χ4n) is 2.06. The number of carboxylic acid groups (broad SMARTS) is 1. The van der Waals surface area contributed by atoms with Crippen molar-refractivity contribution in [3.63, 3.8) is 0 Å². The summed E-state index contributed by atoms with van der Waals surface area (Å²) in [5.74, 6) is -1.47. The van der Waals surface area contributed by atoms with Gasteiger partial charge in [0.25, 0.3) is 0 Å². The molecule has 1 aromatic rings. The van der Waals surface area contributed by atoms with E-state index in [0.29, 0.717) is 13.0 Å². The lowest BCUT2D eigenvalue weighted by Crippen LogP contribution is -2.41. The fourth-order valence-corrected chi connectivity index (χ4v) is 2.06. The van der Waals surface area contributed by atoms with Gasteiger partial charge in [-0.3, -0.25) is 4.79 Å². The van der Waals surface area contributed by atoms with E-state index in [-0.39, 0.29) is 18.0 Å². The molecule has 2 amide bonds. The van der Waals surface area contributed by atoms with Gasteiger partial charge in [-0.15, -0.1) is 0 Å². The van der Waals surface area contributed by atoms with Crippen molar-refractivity contribution in [3.05, 3.63) is 24.2 Å². The Bertz CT molecular complexity index is 463. The lowest BCUT2D eigenvalue weighted by molar-refractivity contribution is -0.142. The van der Waals surface area contributed by atoms with E-state index in [9.17, 15) is 14.7 Å². The molecule has 0 aliphatic heterocycles. The molecule has 0 spiro atoms. The van der Waals surface area contributed by atoms with Gasteiger partial charge in [-0.1, -0.05) is 20.8 Å². The first-order valence-electron chi connectivity index (χ1n) is 6.92. The summed E-state index contributed by atoms with van der Waals surface area (Å²) in [6.45, 7) is 6.49. The van der Waals surface area contributed by atoms with Gasteiger partial charge in [0.05, 0.1) is 25.0 Å². The van der Waals surface area contributed by atoms with Gasteiger partial charge in [0, 0.05) is 19.2 Å². The van der Waals surface area contributed by atoms with Crippen LogP contribution in [0.2, 0.25) is 0 Å². The van der Waals surface area contributed by atoms with E-state index in [4.69, 9.17) is 4.42 Å². The Hall–Kier alpha value is -1.98. The highest BCUT2D eigenvalue weighted by molar-refractivity contribution is 5.75. The van der Waals surface area contributed by atoms with Crippen LogP contribution in [0.5, 0.6) is 0 Å². The molecule has 6 nitrogen and oxygen atoms in total. The topological polar surface area (TPSA) is 82.8 Å². The summed E-state index contributed by atoms with van der Waals surface area (Å²) in [7, 11) is 1.65. The van der Waals surface area contributed by atoms with Gasteiger partial charge in [0.2, 0.25) is 0 Å². The number of nitrogens with zero attached hydrogens (tertiary/aromatic N) is 1. The summed E-state index contributed by atoms with van der Waals surface area (Å²) in [5, 5.41) is 11.9. The molecule has 0 radical (unpaired) electrons. The maximum absolute atomic E-state index is 12.0. The van der Waals surface area contributed by atoms with Crippen LogP contribution < -0.4 is 5.32 Å². The third kappa shape index (κ3) is 6.33. The Morgan fingerprint density at radius 3 is 2.57 bits per heavy atom. The van der Waals surface area contributed by atoms with E-state index in [1.54, 1.807) is 25.6 Å². The van der Waals surface area contributed by atoms with E-state index < -0.39 is 11.9 Å². The molecule has 118 valence electrons. The summed E-state index contributed by atoms with van der Waals surface area (Å²) in [5.41, 5.74) is 0.786. The highest BCUT2D eigenvalue weighted by Gasteiger charge is 2.25. The third-order valence-electron chi connectivity index (χ3n) is 3.05. The van der Waals surface area contributed by atoms with Crippen LogP contribution in [0.3, 0.4) is 0 Å². The fraction of sp³-hybridized carbons (Fsp3) is 0.600. The van der Waals surface area contributed by atoms with E-state index in [1.165, 1.54) is 4.90 Å². The number of carbonyl (C=O) groups excluding carboxylic acids is 1. The molecule has 0 bridgehead atoms. The molecule has 0 aromatic carbocycles. The number of rotatable bonds is 6. The minimum Gasteiger partial charge on any atom is -0.481 e. The Labute approximate surface area is 125 Å². The van der Waals surface area contributed by atoms with Crippen LogP contribution in [0, 0.1) is 11.3 Å². The molecule has 0 aliphatic carbocycles. The van der Waals surface area contributed by atoms with Crippen molar-refractivity contribution in [3.8, 4) is 0 Å². The number of carbonyl (C=O) groups is 2. The van der Waals surface area contributed by atoms with E-state index in [0.717, 1.165) is 5.56 Å². The smallest absolute Gasteiger partial charge is 0.317 e. The number of urea groups is 1. The second kappa shape index (κ2) is 7.15. The lowest BCUT2D eigenvalue weighted by atomic mass is 9.84. The number of hydrogen-bond donors (Lipinski definition) is 2. The minimum atomic E-state index is -0.886. The molecule has 2 N–H and O–H groups in total. The zero-order valence-corrected chi connectivity index (χ0v) is 13.0. The van der Waals surface area contributed by atoms with Crippen LogP contribution in [0.15, 0.2) is 23.0 Å². The normalized spacial score (nSPS) is 12.8. The number of carboxylic acids is 1. The van der Waals surface area contributed by atoms with Gasteiger partial charge in [-0.05, 0) is 17.9 Å². The molecule has 0 saturated heterocycles. The van der Waals surface area contributed by atoms with Gasteiger partial charge in [-0.2, -0.15) is 0 Å². The zero-order chi connectivity index (χ0) is 16.0. The Kier molecular flexibility index (Phi) is 5.81. The van der Waals surface area contributed by atoms with Crippen LogP contribution in [0.1, 0.15) is 32.8 Å². The number of amides is 2. The first-order chi connectivity index (χ1) is 9.69. The maximum atomic E-state index is 12.0. The monoisotopic (exact) mass is 296 g/mol. The lowest BCUT2D eigenvalue weighted by Gasteiger charge is -2.24. The number of furan rings is 1. The molecule has 1 atom stereocenters. The second-order valence-corrected chi connectivity index (χ2v) is 6.47. The molecule has 0 fully saturated rings. The van der Waals surface area contributed by atoms with Crippen molar-refractivity contribution < 1.29 is 19.1 Å². The highest BCUT2D eigenvalue weighted by Crippen LogP contribution is 2.24. The first kappa shape index (κ1) is 17.1. The van der Waals surface area contributed by atoms with Crippen molar-refractivity contribution in [2.24, 2.45) is 11.3 Å². The van der Waals surface area contributed by atoms with Gasteiger partial charge in [0.1, 0.15) is 0 Å². The Morgan fingerprint density at radius 2 is 2.10 bits per heavy atom. The summed E-state index contributed by atoms with van der Waals surface area (Å²) in [6, 6.07) is 1.49. The highest BCUT2D eigenvalue weighted by atomic mass is 16.4. The summed E-state index contributed by atoms with van der Waals surface area (Å²) < 4.78 is 4.94. The van der Waals surface area contributed by atoms with Crippen LogP contribution in [-0.4, -0.2) is 35.6 Å². The number of nitrogens with one attached hydrogen (secondary N) is 1. The van der Waals surface area contributed by atoms with Crippen LogP contribution in [0.4, 0.5) is 4.79 Å². The SMILES string of the molecule is CN(Cc1ccoc1)C(=O)NCC(CC(C)(C)C)C(=O)O. The molecule has 0 aliphatic rings. The molecule has 1 rings (SSSR count). The second-order valence-electron chi connectivity index (χ2n) is 6.47. The summed E-state index contributed by atoms with van der Waals surface area (Å²) in [6.07, 6.45) is 3.63. The predicted octanol–water partition coefficient (Wildman–Crippen LogP) is 2.56. The maximum Gasteiger partial charge on any atom is 0.317 e. The van der Waals surface area contributed by atoms with E-state index >= 15 is 0 Å². The van der Waals surface area contributed by atoms with Gasteiger partial charge in [0.15, 0.2) is 0 Å². The average Bonchev–Trinajstić information content (AvgIpc) is 2.85. The van der Waals surface area contributed by atoms with Crippen LogP contribution >= 0.6 is 0 Å². The largest absolute Gasteiger partial charge is 0.481 e. The Morgan fingerprint density at radius 1 is 1.43 bits per heavy atom. The minimum absolute atomic E-state index is 0.101. The molecular formula is C15H24N2O4. The summed E-state index contributed by atoms with van der Waals surface area (Å²) in [4.78, 5) is 24.7. The van der Waals surface area contributed by atoms with Crippen molar-refractivity contribution >= 4 is 12.0 Å². The van der Waals surface area contributed by atoms with Crippen molar-refractivity contribution in [1.29, 1.82) is 0 Å². The molecular weight excluding hydrogens is 272 g/mol. The van der Waals surface area contributed by atoms with Crippen molar-refractivity contribution in [1.82, 2.24) is 10.2 Å². The average molecular weight is 296 g/mol. The van der Waals surface area contributed by atoms with Gasteiger partial charge >= 0.3 is 12.0 Å². The third-order valence-corrected chi connectivity index (χ3v) is 3.05. The first-order valence-corrected chi connectivity index (χ1v) is 6.92. The quantitative estimate of drug-likeness (QED) is 0.845. The molecule has 1 heterocycles. The Balaban J connectivity index is 2.47. The predicted molar refractivity (Wildman–Crippen MR) is 78.8 cm³/mol. The van der Waals surface area contributed by atoms with E-state index in [1.807, 2.05) is 20.8 Å². The zero-order valence-electron chi connectivity index (χ0n) is 13.0. The molecule has 1 unspecified atom stereocenters. The molecule has 0 saturated carbocycles. The van der Waals surface area contributed by atoms with Crippen molar-refractivity contribution in [2.45, 2.75) is 33.7 Å². The number of hydrogen-bond acceptors (Lipinski definition) is 3. The van der Waals surface area contributed by atoms with Crippen LogP contribution in [-0.2, 0) is 11.3 Å².